The van der Waals surface area contributed by atoms with Crippen molar-refractivity contribution in [3.8, 4) is 0 Å². The lowest BCUT2D eigenvalue weighted by Crippen LogP contribution is -2.17. The second-order valence-corrected chi connectivity index (χ2v) is 3.90. The Morgan fingerprint density at radius 2 is 2.12 bits per heavy atom. The lowest BCUT2D eigenvalue weighted by molar-refractivity contribution is 0.181. The van der Waals surface area contributed by atoms with Crippen LogP contribution in [0.5, 0.6) is 0 Å². The van der Waals surface area contributed by atoms with Gasteiger partial charge in [-0.3, -0.25) is 0 Å². The molecule has 0 aliphatic heterocycles. The topological polar surface area (TPSA) is 50.3 Å². The van der Waals surface area contributed by atoms with E-state index >= 15 is 0 Å². The number of methoxy groups -OCH3 is 1. The summed E-state index contributed by atoms with van der Waals surface area (Å²) in [5.74, 6) is 1.70. The van der Waals surface area contributed by atoms with E-state index in [1.54, 1.807) is 7.11 Å². The highest BCUT2D eigenvalue weighted by Crippen LogP contribution is 2.07. The maximum atomic E-state index is 5.08. The maximum absolute atomic E-state index is 5.08. The number of nitrogens with zero attached hydrogens (tertiary/aromatic N) is 3. The fourth-order valence-electron chi connectivity index (χ4n) is 1.34. The minimum absolute atomic E-state index is 0.520. The Morgan fingerprint density at radius 3 is 2.69 bits per heavy atom. The van der Waals surface area contributed by atoms with Crippen molar-refractivity contribution in [3.63, 3.8) is 0 Å². The van der Waals surface area contributed by atoms with E-state index in [4.69, 9.17) is 4.74 Å². The molecule has 0 spiro atoms. The van der Waals surface area contributed by atoms with Gasteiger partial charge < -0.3 is 15.0 Å². The van der Waals surface area contributed by atoms with E-state index in [0.29, 0.717) is 6.61 Å². The molecular weight excluding hydrogens is 204 g/mol. The molecule has 0 aromatic carbocycles. The molecule has 0 saturated carbocycles. The summed E-state index contributed by atoms with van der Waals surface area (Å²) >= 11 is 0. The molecule has 5 nitrogen and oxygen atoms in total. The molecule has 1 aromatic heterocycles. The summed E-state index contributed by atoms with van der Waals surface area (Å²) in [4.78, 5) is 11.0. The summed E-state index contributed by atoms with van der Waals surface area (Å²) < 4.78 is 5.08. The molecule has 0 saturated heterocycles. The van der Waals surface area contributed by atoms with Crippen LogP contribution >= 0.6 is 0 Å². The van der Waals surface area contributed by atoms with Crippen LogP contribution in [0, 0.1) is 0 Å². The number of likely N-dealkylation sites (N-methyl/N-ethyl adjacent to an activating group) is 1. The molecule has 0 bridgehead atoms. The summed E-state index contributed by atoms with van der Waals surface area (Å²) in [5.41, 5.74) is 0.913. The van der Waals surface area contributed by atoms with Crippen molar-refractivity contribution in [2.45, 2.75) is 13.0 Å². The highest BCUT2D eigenvalue weighted by Gasteiger charge is 2.04. The van der Waals surface area contributed by atoms with Crippen LogP contribution in [0.1, 0.15) is 11.5 Å². The fraction of sp³-hybridized carbons (Fsp3) is 0.636. The number of rotatable bonds is 6. The van der Waals surface area contributed by atoms with Gasteiger partial charge >= 0.3 is 0 Å². The van der Waals surface area contributed by atoms with Crippen molar-refractivity contribution in [1.29, 1.82) is 0 Å². The molecule has 1 aromatic rings. The molecule has 0 unspecified atom stereocenters. The molecule has 0 aliphatic carbocycles. The van der Waals surface area contributed by atoms with Crippen molar-refractivity contribution in [2.75, 3.05) is 40.1 Å². The zero-order valence-corrected chi connectivity index (χ0v) is 10.4. The van der Waals surface area contributed by atoms with Crippen LogP contribution in [0.25, 0.3) is 0 Å². The first-order valence-corrected chi connectivity index (χ1v) is 5.34. The Kier molecular flexibility index (Phi) is 5.14. The van der Waals surface area contributed by atoms with E-state index in [0.717, 1.165) is 30.3 Å². The third-order valence-corrected chi connectivity index (χ3v) is 2.16. The second-order valence-electron chi connectivity index (χ2n) is 3.90. The molecule has 0 atom stereocenters. The van der Waals surface area contributed by atoms with Gasteiger partial charge in [-0.1, -0.05) is 0 Å². The lowest BCUT2D eigenvalue weighted by Gasteiger charge is -2.10. The molecule has 1 rings (SSSR count). The predicted molar refractivity (Wildman–Crippen MR) is 64.5 cm³/mol. The quantitative estimate of drug-likeness (QED) is 0.773. The summed E-state index contributed by atoms with van der Waals surface area (Å²) in [5, 5.41) is 3.03. The van der Waals surface area contributed by atoms with Gasteiger partial charge in [-0.25, -0.2) is 9.97 Å². The Morgan fingerprint density at radius 1 is 1.38 bits per heavy atom. The van der Waals surface area contributed by atoms with E-state index in [-0.39, 0.29) is 0 Å². The largest absolute Gasteiger partial charge is 0.378 e. The van der Waals surface area contributed by atoms with Crippen LogP contribution in [-0.4, -0.2) is 49.7 Å². The van der Waals surface area contributed by atoms with Crippen molar-refractivity contribution < 1.29 is 4.74 Å². The SMILES string of the molecule is CNc1cc(COC)nc(CCN(C)C)n1. The molecule has 1 N–H and O–H groups in total. The fourth-order valence-corrected chi connectivity index (χ4v) is 1.34. The first-order chi connectivity index (χ1) is 7.65. The summed E-state index contributed by atoms with van der Waals surface area (Å²) in [7, 11) is 7.60. The molecule has 1 heterocycles. The third kappa shape index (κ3) is 4.12. The van der Waals surface area contributed by atoms with E-state index in [1.165, 1.54) is 0 Å². The Bertz CT molecular complexity index is 328. The van der Waals surface area contributed by atoms with Crippen LogP contribution in [0.15, 0.2) is 6.07 Å². The van der Waals surface area contributed by atoms with Crippen LogP contribution in [0.3, 0.4) is 0 Å². The van der Waals surface area contributed by atoms with E-state index in [1.807, 2.05) is 27.2 Å². The van der Waals surface area contributed by atoms with Gasteiger partial charge in [0.15, 0.2) is 0 Å². The number of anilines is 1. The molecule has 0 radical (unpaired) electrons. The van der Waals surface area contributed by atoms with E-state index in [9.17, 15) is 0 Å². The number of hydrogen-bond donors (Lipinski definition) is 1. The first-order valence-electron chi connectivity index (χ1n) is 5.34. The summed E-state index contributed by atoms with van der Waals surface area (Å²) in [6.45, 7) is 1.46. The number of hydrogen-bond acceptors (Lipinski definition) is 5. The maximum Gasteiger partial charge on any atom is 0.132 e. The minimum atomic E-state index is 0.520. The van der Waals surface area contributed by atoms with Gasteiger partial charge in [0.2, 0.25) is 0 Å². The molecule has 0 aliphatic rings. The second kappa shape index (κ2) is 6.40. The molecule has 0 fully saturated rings. The molecular formula is C11H20N4O. The third-order valence-electron chi connectivity index (χ3n) is 2.16. The Hall–Kier alpha value is -1.20. The first kappa shape index (κ1) is 12.9. The lowest BCUT2D eigenvalue weighted by atomic mass is 10.3. The predicted octanol–water partition coefficient (Wildman–Crippen LogP) is 0.769. The molecule has 16 heavy (non-hydrogen) atoms. The molecule has 5 heteroatoms. The van der Waals surface area contributed by atoms with Gasteiger partial charge in [0.25, 0.3) is 0 Å². The summed E-state index contributed by atoms with van der Waals surface area (Å²) in [6.07, 6.45) is 0.846. The van der Waals surface area contributed by atoms with Crippen molar-refractivity contribution in [1.82, 2.24) is 14.9 Å². The van der Waals surface area contributed by atoms with Crippen molar-refractivity contribution in [2.24, 2.45) is 0 Å². The highest BCUT2D eigenvalue weighted by molar-refractivity contribution is 5.35. The van der Waals surface area contributed by atoms with E-state index < -0.39 is 0 Å². The Labute approximate surface area is 96.8 Å². The van der Waals surface area contributed by atoms with Crippen LogP contribution in [-0.2, 0) is 17.8 Å². The van der Waals surface area contributed by atoms with Crippen molar-refractivity contribution >= 4 is 5.82 Å². The zero-order chi connectivity index (χ0) is 12.0. The van der Waals surface area contributed by atoms with Crippen LogP contribution < -0.4 is 5.32 Å². The van der Waals surface area contributed by atoms with E-state index in [2.05, 4.69) is 20.2 Å². The minimum Gasteiger partial charge on any atom is -0.378 e. The van der Waals surface area contributed by atoms with Crippen LogP contribution in [0.2, 0.25) is 0 Å². The smallest absolute Gasteiger partial charge is 0.132 e. The van der Waals surface area contributed by atoms with Gasteiger partial charge in [-0.2, -0.15) is 0 Å². The number of ether oxygens (including phenoxy) is 1. The molecule has 90 valence electrons. The number of nitrogens with one attached hydrogen (secondary N) is 1. The van der Waals surface area contributed by atoms with Crippen LogP contribution in [0.4, 0.5) is 5.82 Å². The average Bonchev–Trinajstić information content (AvgIpc) is 2.26. The Balaban J connectivity index is 2.77. The zero-order valence-electron chi connectivity index (χ0n) is 10.4. The standard InChI is InChI=1S/C11H20N4O/c1-12-11-7-9(8-16-4)13-10(14-11)5-6-15(2)3/h7H,5-6,8H2,1-4H3,(H,12,13,14). The highest BCUT2D eigenvalue weighted by atomic mass is 16.5. The normalized spacial score (nSPS) is 10.8. The van der Waals surface area contributed by atoms with Gasteiger partial charge in [0.05, 0.1) is 12.3 Å². The number of aromatic nitrogens is 2. The average molecular weight is 224 g/mol. The van der Waals surface area contributed by atoms with Gasteiger partial charge in [-0.05, 0) is 14.1 Å². The summed E-state index contributed by atoms with van der Waals surface area (Å²) in [6, 6.07) is 1.91. The van der Waals surface area contributed by atoms with Gasteiger partial charge in [-0.15, -0.1) is 0 Å². The molecule has 0 amide bonds. The van der Waals surface area contributed by atoms with Crippen molar-refractivity contribution in [3.05, 3.63) is 17.6 Å². The monoisotopic (exact) mass is 224 g/mol. The van der Waals surface area contributed by atoms with Gasteiger partial charge in [0.1, 0.15) is 11.6 Å². The van der Waals surface area contributed by atoms with Gasteiger partial charge in [0, 0.05) is 33.2 Å².